The molecule has 0 amide bonds. The summed E-state index contributed by atoms with van der Waals surface area (Å²) in [6.45, 7) is 1.73. The molecule has 14 heavy (non-hydrogen) atoms. The molecule has 72 valence electrons. The minimum absolute atomic E-state index is 0.345. The van der Waals surface area contributed by atoms with Crippen LogP contribution in [0.2, 0.25) is 10.0 Å². The predicted molar refractivity (Wildman–Crippen MR) is 54.5 cm³/mol. The predicted octanol–water partition coefficient (Wildman–Crippen LogP) is 3.35. The molecule has 1 aromatic carbocycles. The first-order chi connectivity index (χ1) is 6.68. The molecule has 0 N–H and O–H groups in total. The number of aromatic nitrogens is 2. The van der Waals surface area contributed by atoms with E-state index in [4.69, 9.17) is 27.7 Å². The minimum atomic E-state index is 0.345. The summed E-state index contributed by atoms with van der Waals surface area (Å²) in [5, 5.41) is 4.67. The highest BCUT2D eigenvalue weighted by Gasteiger charge is 2.13. The van der Waals surface area contributed by atoms with Gasteiger partial charge in [-0.25, -0.2) is 0 Å². The van der Waals surface area contributed by atoms with Gasteiger partial charge in [-0.05, 0) is 19.1 Å². The topological polar surface area (TPSA) is 38.9 Å². The van der Waals surface area contributed by atoms with Crippen LogP contribution in [-0.2, 0) is 0 Å². The summed E-state index contributed by atoms with van der Waals surface area (Å²) in [4.78, 5) is 4.06. The van der Waals surface area contributed by atoms with Crippen molar-refractivity contribution in [2.45, 2.75) is 6.92 Å². The number of rotatable bonds is 1. The first-order valence-corrected chi connectivity index (χ1v) is 4.69. The average molecular weight is 229 g/mol. The molecule has 0 spiro atoms. The van der Waals surface area contributed by atoms with Crippen LogP contribution in [0.15, 0.2) is 22.7 Å². The maximum atomic E-state index is 5.96. The molecule has 0 aliphatic carbocycles. The second kappa shape index (κ2) is 3.59. The third-order valence-electron chi connectivity index (χ3n) is 1.70. The Morgan fingerprint density at radius 3 is 2.36 bits per heavy atom. The Balaban J connectivity index is 2.61. The Hall–Kier alpha value is -1.06. The van der Waals surface area contributed by atoms with Gasteiger partial charge in [-0.2, -0.15) is 4.98 Å². The number of hydrogen-bond donors (Lipinski definition) is 0. The van der Waals surface area contributed by atoms with Gasteiger partial charge in [0, 0.05) is 0 Å². The highest BCUT2D eigenvalue weighted by molar-refractivity contribution is 6.38. The number of aryl methyl sites for hydroxylation is 1. The van der Waals surface area contributed by atoms with Gasteiger partial charge in [-0.3, -0.25) is 0 Å². The van der Waals surface area contributed by atoms with Crippen LogP contribution in [0.1, 0.15) is 5.82 Å². The Labute approximate surface area is 90.6 Å². The normalized spacial score (nSPS) is 10.5. The van der Waals surface area contributed by atoms with Crippen LogP contribution < -0.4 is 0 Å². The molecule has 2 rings (SSSR count). The summed E-state index contributed by atoms with van der Waals surface area (Å²) in [5.41, 5.74) is 0.580. The lowest BCUT2D eigenvalue weighted by molar-refractivity contribution is 0.425. The molecular weight excluding hydrogens is 223 g/mol. The number of benzene rings is 1. The molecule has 0 radical (unpaired) electrons. The van der Waals surface area contributed by atoms with Crippen molar-refractivity contribution in [2.24, 2.45) is 0 Å². The number of hydrogen-bond acceptors (Lipinski definition) is 3. The number of halogens is 2. The standard InChI is InChI=1S/C9H6Cl2N2O/c1-5-12-9(14-13-5)8-6(10)3-2-4-7(8)11/h2-4H,1H3. The van der Waals surface area contributed by atoms with E-state index in [1.54, 1.807) is 25.1 Å². The Kier molecular flexibility index (Phi) is 2.44. The largest absolute Gasteiger partial charge is 0.334 e. The fraction of sp³-hybridized carbons (Fsp3) is 0.111. The quantitative estimate of drug-likeness (QED) is 0.752. The molecule has 2 aromatic rings. The van der Waals surface area contributed by atoms with E-state index in [9.17, 15) is 0 Å². The highest BCUT2D eigenvalue weighted by Crippen LogP contribution is 2.33. The third kappa shape index (κ3) is 1.61. The Morgan fingerprint density at radius 2 is 1.86 bits per heavy atom. The molecule has 5 heteroatoms. The van der Waals surface area contributed by atoms with Crippen molar-refractivity contribution in [3.63, 3.8) is 0 Å². The lowest BCUT2D eigenvalue weighted by Crippen LogP contribution is -1.81. The van der Waals surface area contributed by atoms with Crippen molar-refractivity contribution in [1.82, 2.24) is 10.1 Å². The van der Waals surface area contributed by atoms with Gasteiger partial charge < -0.3 is 4.52 Å². The maximum Gasteiger partial charge on any atom is 0.260 e. The average Bonchev–Trinajstić information content (AvgIpc) is 2.51. The van der Waals surface area contributed by atoms with Crippen molar-refractivity contribution in [1.29, 1.82) is 0 Å². The Morgan fingerprint density at radius 1 is 1.21 bits per heavy atom. The molecule has 1 heterocycles. The van der Waals surface area contributed by atoms with Gasteiger partial charge in [-0.15, -0.1) is 0 Å². The molecule has 1 aromatic heterocycles. The smallest absolute Gasteiger partial charge is 0.260 e. The zero-order chi connectivity index (χ0) is 10.1. The van der Waals surface area contributed by atoms with Crippen LogP contribution >= 0.6 is 23.2 Å². The van der Waals surface area contributed by atoms with Crippen LogP contribution in [0, 0.1) is 6.92 Å². The second-order valence-corrected chi connectivity index (χ2v) is 3.56. The van der Waals surface area contributed by atoms with Crippen molar-refractivity contribution in [3.05, 3.63) is 34.1 Å². The van der Waals surface area contributed by atoms with Crippen LogP contribution in [0.4, 0.5) is 0 Å². The second-order valence-electron chi connectivity index (χ2n) is 2.74. The van der Waals surface area contributed by atoms with Gasteiger partial charge in [0.1, 0.15) is 0 Å². The van der Waals surface area contributed by atoms with E-state index in [-0.39, 0.29) is 0 Å². The molecule has 0 aliphatic heterocycles. The maximum absolute atomic E-state index is 5.96. The van der Waals surface area contributed by atoms with E-state index in [1.165, 1.54) is 0 Å². The van der Waals surface area contributed by atoms with E-state index >= 15 is 0 Å². The monoisotopic (exact) mass is 228 g/mol. The van der Waals surface area contributed by atoms with Crippen LogP contribution in [0.25, 0.3) is 11.5 Å². The molecule has 0 saturated heterocycles. The summed E-state index contributed by atoms with van der Waals surface area (Å²) in [5.74, 6) is 0.897. The number of nitrogens with zero attached hydrogens (tertiary/aromatic N) is 2. The van der Waals surface area contributed by atoms with Gasteiger partial charge in [0.15, 0.2) is 5.82 Å². The van der Waals surface area contributed by atoms with E-state index < -0.39 is 0 Å². The first kappa shape index (κ1) is 9.49. The SMILES string of the molecule is Cc1noc(-c2c(Cl)cccc2Cl)n1. The Bertz CT molecular complexity index is 447. The zero-order valence-corrected chi connectivity index (χ0v) is 8.80. The van der Waals surface area contributed by atoms with Crippen LogP contribution in [0.5, 0.6) is 0 Å². The van der Waals surface area contributed by atoms with Crippen LogP contribution in [-0.4, -0.2) is 10.1 Å². The van der Waals surface area contributed by atoms with E-state index in [0.29, 0.717) is 27.3 Å². The van der Waals surface area contributed by atoms with Crippen molar-refractivity contribution < 1.29 is 4.52 Å². The third-order valence-corrected chi connectivity index (χ3v) is 2.33. The zero-order valence-electron chi connectivity index (χ0n) is 7.29. The van der Waals surface area contributed by atoms with Gasteiger partial charge in [0.05, 0.1) is 15.6 Å². The summed E-state index contributed by atoms with van der Waals surface area (Å²) in [6.07, 6.45) is 0. The summed E-state index contributed by atoms with van der Waals surface area (Å²) >= 11 is 11.9. The van der Waals surface area contributed by atoms with E-state index in [0.717, 1.165) is 0 Å². The van der Waals surface area contributed by atoms with E-state index in [2.05, 4.69) is 10.1 Å². The lowest BCUT2D eigenvalue weighted by atomic mass is 10.2. The van der Waals surface area contributed by atoms with Crippen LogP contribution in [0.3, 0.4) is 0 Å². The highest BCUT2D eigenvalue weighted by atomic mass is 35.5. The molecule has 0 fully saturated rings. The molecular formula is C9H6Cl2N2O. The summed E-state index contributed by atoms with van der Waals surface area (Å²) in [6, 6.07) is 5.21. The first-order valence-electron chi connectivity index (χ1n) is 3.93. The van der Waals surface area contributed by atoms with E-state index in [1.807, 2.05) is 0 Å². The molecule has 0 atom stereocenters. The summed E-state index contributed by atoms with van der Waals surface area (Å²) < 4.78 is 4.98. The minimum Gasteiger partial charge on any atom is -0.334 e. The molecule has 0 unspecified atom stereocenters. The molecule has 3 nitrogen and oxygen atoms in total. The fourth-order valence-corrected chi connectivity index (χ4v) is 1.66. The van der Waals surface area contributed by atoms with Gasteiger partial charge in [-0.1, -0.05) is 34.4 Å². The lowest BCUT2D eigenvalue weighted by Gasteiger charge is -1.99. The van der Waals surface area contributed by atoms with Crippen molar-refractivity contribution >= 4 is 23.2 Å². The molecule has 0 bridgehead atoms. The van der Waals surface area contributed by atoms with Crippen molar-refractivity contribution in [3.8, 4) is 11.5 Å². The fourth-order valence-electron chi connectivity index (χ4n) is 1.10. The summed E-state index contributed by atoms with van der Waals surface area (Å²) in [7, 11) is 0. The van der Waals surface area contributed by atoms with Gasteiger partial charge in [0.2, 0.25) is 0 Å². The van der Waals surface area contributed by atoms with Gasteiger partial charge >= 0.3 is 0 Å². The van der Waals surface area contributed by atoms with Gasteiger partial charge in [0.25, 0.3) is 5.89 Å². The molecule has 0 aliphatic rings. The molecule has 0 saturated carbocycles. The van der Waals surface area contributed by atoms with Crippen molar-refractivity contribution in [2.75, 3.05) is 0 Å².